The average molecular weight is 267 g/mol. The Morgan fingerprint density at radius 2 is 2.17 bits per heavy atom. The largest absolute Gasteiger partial charge is 0.492 e. The van der Waals surface area contributed by atoms with Gasteiger partial charge >= 0.3 is 0 Å². The van der Waals surface area contributed by atoms with E-state index in [9.17, 15) is 5.11 Å². The lowest BCUT2D eigenvalue weighted by atomic mass is 10.2. The van der Waals surface area contributed by atoms with Gasteiger partial charge in [-0.2, -0.15) is 0 Å². The Bertz CT molecular complexity index is 355. The fourth-order valence-corrected chi connectivity index (χ4v) is 2.76. The van der Waals surface area contributed by atoms with Gasteiger partial charge in [0.25, 0.3) is 0 Å². The maximum absolute atomic E-state index is 9.23. The first-order valence-corrected chi connectivity index (χ1v) is 7.67. The third-order valence-corrected chi connectivity index (χ3v) is 4.16. The van der Waals surface area contributed by atoms with E-state index in [1.165, 1.54) is 11.3 Å². The predicted octanol–water partition coefficient (Wildman–Crippen LogP) is 2.24. The summed E-state index contributed by atoms with van der Waals surface area (Å²) >= 11 is 1.73. The van der Waals surface area contributed by atoms with Crippen LogP contribution in [0, 0.1) is 0 Å². The second kappa shape index (κ2) is 7.02. The van der Waals surface area contributed by atoms with E-state index >= 15 is 0 Å². The molecule has 1 N–H and O–H groups in total. The smallest absolute Gasteiger partial charge is 0.119 e. The lowest BCUT2D eigenvalue weighted by Crippen LogP contribution is -2.35. The highest BCUT2D eigenvalue weighted by Gasteiger charge is 2.22. The molecule has 1 heterocycles. The van der Waals surface area contributed by atoms with Gasteiger partial charge in [0.05, 0.1) is 6.61 Å². The van der Waals surface area contributed by atoms with Crippen LogP contribution < -0.4 is 4.74 Å². The summed E-state index contributed by atoms with van der Waals surface area (Å²) in [6.07, 6.45) is 4.37. The lowest BCUT2D eigenvalue weighted by molar-refractivity contribution is 0.139. The van der Waals surface area contributed by atoms with Crippen LogP contribution in [0.1, 0.15) is 12.8 Å². The van der Waals surface area contributed by atoms with Crippen molar-refractivity contribution in [1.29, 1.82) is 0 Å². The summed E-state index contributed by atoms with van der Waals surface area (Å²) in [7, 11) is 0. The molecule has 0 aliphatic carbocycles. The number of aliphatic hydroxyl groups is 1. The molecular weight excluding hydrogens is 246 g/mol. The molecule has 100 valence electrons. The molecule has 1 saturated heterocycles. The fraction of sp³-hybridized carbons (Fsp3) is 0.571. The second-order valence-corrected chi connectivity index (χ2v) is 5.42. The van der Waals surface area contributed by atoms with E-state index in [1.807, 2.05) is 12.1 Å². The van der Waals surface area contributed by atoms with Crippen LogP contribution in [0.25, 0.3) is 0 Å². The Morgan fingerprint density at radius 1 is 1.39 bits per heavy atom. The highest BCUT2D eigenvalue weighted by Crippen LogP contribution is 2.19. The van der Waals surface area contributed by atoms with Gasteiger partial charge in [0, 0.05) is 17.5 Å². The van der Waals surface area contributed by atoms with Gasteiger partial charge in [-0.25, -0.2) is 0 Å². The number of hydrogen-bond donors (Lipinski definition) is 1. The minimum absolute atomic E-state index is 0.266. The molecule has 1 atom stereocenters. The number of rotatable bonds is 6. The second-order valence-electron chi connectivity index (χ2n) is 4.54. The molecule has 0 amide bonds. The standard InChI is InChI=1S/C14H21NO2S/c1-18-14-6-4-13(5-7-14)17-10-9-15-8-2-3-12(15)11-16/h4-7,12,16H,2-3,8-11H2,1H3/t12-/m0/s1. The van der Waals surface area contributed by atoms with Gasteiger partial charge < -0.3 is 9.84 Å². The Morgan fingerprint density at radius 3 is 2.83 bits per heavy atom. The summed E-state index contributed by atoms with van der Waals surface area (Å²) < 4.78 is 5.73. The number of hydrogen-bond acceptors (Lipinski definition) is 4. The number of nitrogens with zero attached hydrogens (tertiary/aromatic N) is 1. The molecule has 1 aliphatic heterocycles. The maximum Gasteiger partial charge on any atom is 0.119 e. The Kier molecular flexibility index (Phi) is 5.35. The summed E-state index contributed by atoms with van der Waals surface area (Å²) in [6.45, 7) is 2.94. The Hall–Kier alpha value is -0.710. The normalized spacial score (nSPS) is 20.2. The topological polar surface area (TPSA) is 32.7 Å². The van der Waals surface area contributed by atoms with Crippen molar-refractivity contribution in [3.8, 4) is 5.75 Å². The SMILES string of the molecule is CSc1ccc(OCCN2CCC[C@H]2CO)cc1. The highest BCUT2D eigenvalue weighted by molar-refractivity contribution is 7.98. The molecule has 0 spiro atoms. The molecule has 1 aromatic carbocycles. The third kappa shape index (κ3) is 3.64. The zero-order valence-corrected chi connectivity index (χ0v) is 11.7. The number of thioether (sulfide) groups is 1. The first-order chi connectivity index (χ1) is 8.83. The van der Waals surface area contributed by atoms with Crippen LogP contribution in [-0.2, 0) is 0 Å². The van der Waals surface area contributed by atoms with E-state index in [2.05, 4.69) is 23.3 Å². The van der Waals surface area contributed by atoms with Crippen LogP contribution >= 0.6 is 11.8 Å². The van der Waals surface area contributed by atoms with Crippen LogP contribution in [0.5, 0.6) is 5.75 Å². The van der Waals surface area contributed by atoms with Crippen molar-refractivity contribution in [3.63, 3.8) is 0 Å². The quantitative estimate of drug-likeness (QED) is 0.801. The number of ether oxygens (including phenoxy) is 1. The summed E-state index contributed by atoms with van der Waals surface area (Å²) in [5.74, 6) is 0.924. The van der Waals surface area contributed by atoms with Crippen LogP contribution in [0.3, 0.4) is 0 Å². The van der Waals surface area contributed by atoms with Gasteiger partial charge in [-0.3, -0.25) is 4.90 Å². The van der Waals surface area contributed by atoms with Crippen LogP contribution in [0.2, 0.25) is 0 Å². The summed E-state index contributed by atoms with van der Waals surface area (Å²) in [5, 5.41) is 9.23. The molecule has 3 nitrogen and oxygen atoms in total. The van der Waals surface area contributed by atoms with Crippen molar-refractivity contribution in [2.45, 2.75) is 23.8 Å². The molecule has 0 radical (unpaired) electrons. The lowest BCUT2D eigenvalue weighted by Gasteiger charge is -2.22. The molecule has 0 bridgehead atoms. The Labute approximate surface area is 113 Å². The monoisotopic (exact) mass is 267 g/mol. The molecule has 4 heteroatoms. The number of benzene rings is 1. The fourth-order valence-electron chi connectivity index (χ4n) is 2.35. The Balaban J connectivity index is 1.74. The van der Waals surface area contributed by atoms with E-state index in [1.54, 1.807) is 11.8 Å². The van der Waals surface area contributed by atoms with E-state index in [-0.39, 0.29) is 6.61 Å². The van der Waals surface area contributed by atoms with Crippen LogP contribution in [0.15, 0.2) is 29.2 Å². The molecule has 1 aromatic rings. The van der Waals surface area contributed by atoms with Crippen molar-refractivity contribution < 1.29 is 9.84 Å². The van der Waals surface area contributed by atoms with Crippen molar-refractivity contribution >= 4 is 11.8 Å². The molecule has 0 unspecified atom stereocenters. The van der Waals surface area contributed by atoms with Gasteiger partial charge in [0.2, 0.25) is 0 Å². The van der Waals surface area contributed by atoms with Crippen LogP contribution in [-0.4, -0.2) is 48.6 Å². The van der Waals surface area contributed by atoms with Crippen molar-refractivity contribution in [2.75, 3.05) is 32.6 Å². The molecule has 0 aromatic heterocycles. The van der Waals surface area contributed by atoms with E-state index < -0.39 is 0 Å². The molecule has 1 aliphatic rings. The molecule has 2 rings (SSSR count). The molecule has 18 heavy (non-hydrogen) atoms. The summed E-state index contributed by atoms with van der Waals surface area (Å²) in [4.78, 5) is 3.57. The highest BCUT2D eigenvalue weighted by atomic mass is 32.2. The van der Waals surface area contributed by atoms with Gasteiger partial charge in [-0.1, -0.05) is 0 Å². The van der Waals surface area contributed by atoms with Crippen LogP contribution in [0.4, 0.5) is 0 Å². The van der Waals surface area contributed by atoms with Gasteiger partial charge in [0.15, 0.2) is 0 Å². The molecule has 1 fully saturated rings. The summed E-state index contributed by atoms with van der Waals surface area (Å²) in [6, 6.07) is 8.52. The predicted molar refractivity (Wildman–Crippen MR) is 75.4 cm³/mol. The maximum atomic E-state index is 9.23. The average Bonchev–Trinajstić information content (AvgIpc) is 2.87. The van der Waals surface area contributed by atoms with Crippen molar-refractivity contribution in [1.82, 2.24) is 4.90 Å². The van der Waals surface area contributed by atoms with Gasteiger partial charge in [-0.15, -0.1) is 11.8 Å². The van der Waals surface area contributed by atoms with Gasteiger partial charge in [0.1, 0.15) is 12.4 Å². The van der Waals surface area contributed by atoms with Crippen molar-refractivity contribution in [2.24, 2.45) is 0 Å². The zero-order valence-electron chi connectivity index (χ0n) is 10.8. The minimum atomic E-state index is 0.266. The third-order valence-electron chi connectivity index (χ3n) is 3.42. The van der Waals surface area contributed by atoms with E-state index in [4.69, 9.17) is 4.74 Å². The molecular formula is C14H21NO2S. The first-order valence-electron chi connectivity index (χ1n) is 6.45. The number of likely N-dealkylation sites (tertiary alicyclic amines) is 1. The number of aliphatic hydroxyl groups excluding tert-OH is 1. The van der Waals surface area contributed by atoms with Crippen molar-refractivity contribution in [3.05, 3.63) is 24.3 Å². The summed E-state index contributed by atoms with van der Waals surface area (Å²) in [5.41, 5.74) is 0. The zero-order chi connectivity index (χ0) is 12.8. The molecule has 0 saturated carbocycles. The van der Waals surface area contributed by atoms with Gasteiger partial charge in [-0.05, 0) is 49.9 Å². The van der Waals surface area contributed by atoms with E-state index in [0.717, 1.165) is 25.3 Å². The first kappa shape index (κ1) is 13.7. The van der Waals surface area contributed by atoms with E-state index in [0.29, 0.717) is 12.6 Å². The minimum Gasteiger partial charge on any atom is -0.492 e.